The minimum Gasteiger partial charge on any atom is -0.399 e. The maximum atomic E-state index is 12.7. The molecule has 9 heteroatoms. The average Bonchev–Trinajstić information content (AvgIpc) is 3.19. The molecule has 0 saturated heterocycles. The van der Waals surface area contributed by atoms with Crippen LogP contribution in [-0.4, -0.2) is 30.6 Å². The highest BCUT2D eigenvalue weighted by atomic mass is 16.1. The van der Waals surface area contributed by atoms with Crippen molar-refractivity contribution in [2.24, 2.45) is 0 Å². The van der Waals surface area contributed by atoms with Gasteiger partial charge in [-0.25, -0.2) is 19.6 Å². The molecule has 1 amide bonds. The van der Waals surface area contributed by atoms with Crippen LogP contribution in [0.3, 0.4) is 0 Å². The number of hydrogen-bond donors (Lipinski definition) is 3. The van der Waals surface area contributed by atoms with Crippen molar-refractivity contribution in [2.45, 2.75) is 13.5 Å². The van der Waals surface area contributed by atoms with E-state index in [1.54, 1.807) is 23.0 Å². The second-order valence-corrected chi connectivity index (χ2v) is 7.96. The Labute approximate surface area is 195 Å². The lowest BCUT2D eigenvalue weighted by Gasteiger charge is -2.06. The first kappa shape index (κ1) is 21.1. The van der Waals surface area contributed by atoms with Crippen LogP contribution in [0.2, 0.25) is 0 Å². The standard InChI is InChI=1S/C25H22N8O/c1-15-9-10-28-20(11-15)31-25(34)18-7-5-17(6-8-18)22-21-23(27)29-14-30-24(21)33(32-22)13-16-3-2-4-19(26)12-16/h2-12,14H,13,26H2,1H3,(H2,27,29,30)(H,28,31,34). The van der Waals surface area contributed by atoms with Crippen LogP contribution < -0.4 is 16.8 Å². The average molecular weight is 451 g/mol. The van der Waals surface area contributed by atoms with Gasteiger partial charge in [0.2, 0.25) is 0 Å². The molecular formula is C25H22N8O. The SMILES string of the molecule is Cc1ccnc(NC(=O)c2ccc(-c3nn(Cc4cccc(N)c4)c4ncnc(N)c34)cc2)c1. The lowest BCUT2D eigenvalue weighted by Crippen LogP contribution is -2.12. The van der Waals surface area contributed by atoms with Gasteiger partial charge in [-0.3, -0.25) is 4.79 Å². The quantitative estimate of drug-likeness (QED) is 0.347. The van der Waals surface area contributed by atoms with Crippen molar-refractivity contribution >= 4 is 34.3 Å². The molecule has 0 saturated carbocycles. The number of amides is 1. The number of hydrogen-bond acceptors (Lipinski definition) is 7. The monoisotopic (exact) mass is 450 g/mol. The summed E-state index contributed by atoms with van der Waals surface area (Å²) in [4.78, 5) is 25.4. The number of anilines is 3. The molecule has 3 aromatic heterocycles. The van der Waals surface area contributed by atoms with E-state index >= 15 is 0 Å². The smallest absolute Gasteiger partial charge is 0.256 e. The van der Waals surface area contributed by atoms with E-state index in [4.69, 9.17) is 16.6 Å². The number of carbonyl (C=O) groups excluding carboxylic acids is 1. The normalized spacial score (nSPS) is 11.0. The third-order valence-corrected chi connectivity index (χ3v) is 5.42. The number of aryl methyl sites for hydroxylation is 1. The minimum atomic E-state index is -0.246. The molecule has 0 atom stereocenters. The summed E-state index contributed by atoms with van der Waals surface area (Å²) >= 11 is 0. The Kier molecular flexibility index (Phi) is 5.35. The number of nitrogens with two attached hydrogens (primary N) is 2. The summed E-state index contributed by atoms with van der Waals surface area (Å²) in [5, 5.41) is 8.25. The third kappa shape index (κ3) is 4.14. The van der Waals surface area contributed by atoms with Gasteiger partial charge < -0.3 is 16.8 Å². The number of nitrogens with one attached hydrogen (secondary N) is 1. The molecule has 0 bridgehead atoms. The fourth-order valence-electron chi connectivity index (χ4n) is 3.78. The summed E-state index contributed by atoms with van der Waals surface area (Å²) < 4.78 is 1.78. The Balaban J connectivity index is 1.47. The molecule has 9 nitrogen and oxygen atoms in total. The number of fused-ring (bicyclic) bond motifs is 1. The van der Waals surface area contributed by atoms with Crippen molar-refractivity contribution in [3.63, 3.8) is 0 Å². The first-order valence-electron chi connectivity index (χ1n) is 10.6. The minimum absolute atomic E-state index is 0.246. The maximum Gasteiger partial charge on any atom is 0.256 e. The maximum absolute atomic E-state index is 12.7. The molecule has 168 valence electrons. The summed E-state index contributed by atoms with van der Waals surface area (Å²) in [5.41, 5.74) is 17.4. The Bertz CT molecular complexity index is 1510. The van der Waals surface area contributed by atoms with E-state index in [1.165, 1.54) is 6.33 Å². The molecule has 3 heterocycles. The molecule has 5 aromatic rings. The van der Waals surface area contributed by atoms with Crippen molar-refractivity contribution in [2.75, 3.05) is 16.8 Å². The van der Waals surface area contributed by atoms with Gasteiger partial charge in [-0.15, -0.1) is 0 Å². The first-order valence-corrected chi connectivity index (χ1v) is 10.6. The zero-order valence-electron chi connectivity index (χ0n) is 18.4. The fourth-order valence-corrected chi connectivity index (χ4v) is 3.78. The predicted octanol–water partition coefficient (Wildman–Crippen LogP) is 3.66. The fraction of sp³-hybridized carbons (Fsp3) is 0.0800. The van der Waals surface area contributed by atoms with E-state index in [0.717, 1.165) is 16.7 Å². The van der Waals surface area contributed by atoms with Crippen LogP contribution >= 0.6 is 0 Å². The van der Waals surface area contributed by atoms with Gasteiger partial charge in [-0.05, 0) is 54.4 Å². The number of pyridine rings is 1. The summed E-state index contributed by atoms with van der Waals surface area (Å²) in [6, 6.07) is 18.4. The van der Waals surface area contributed by atoms with E-state index < -0.39 is 0 Å². The van der Waals surface area contributed by atoms with Crippen molar-refractivity contribution < 1.29 is 4.79 Å². The highest BCUT2D eigenvalue weighted by Gasteiger charge is 2.18. The van der Waals surface area contributed by atoms with Crippen molar-refractivity contribution in [3.8, 4) is 11.3 Å². The summed E-state index contributed by atoms with van der Waals surface area (Å²) in [6.45, 7) is 2.42. The van der Waals surface area contributed by atoms with Crippen LogP contribution in [0.4, 0.5) is 17.3 Å². The number of rotatable bonds is 5. The molecule has 0 aliphatic rings. The van der Waals surface area contributed by atoms with E-state index in [0.29, 0.717) is 46.2 Å². The second kappa shape index (κ2) is 8.62. The van der Waals surface area contributed by atoms with Crippen LogP contribution in [0.25, 0.3) is 22.3 Å². The molecule has 0 spiro atoms. The third-order valence-electron chi connectivity index (χ3n) is 5.42. The number of aromatic nitrogens is 5. The summed E-state index contributed by atoms with van der Waals surface area (Å²) in [7, 11) is 0. The van der Waals surface area contributed by atoms with E-state index in [1.807, 2.05) is 55.5 Å². The highest BCUT2D eigenvalue weighted by Crippen LogP contribution is 2.30. The zero-order chi connectivity index (χ0) is 23.7. The molecule has 0 unspecified atom stereocenters. The number of benzene rings is 2. The number of carbonyl (C=O) groups is 1. The van der Waals surface area contributed by atoms with E-state index in [2.05, 4.69) is 20.3 Å². The van der Waals surface area contributed by atoms with Crippen molar-refractivity contribution in [1.82, 2.24) is 24.7 Å². The Morgan fingerprint density at radius 1 is 1.00 bits per heavy atom. The van der Waals surface area contributed by atoms with Crippen LogP contribution in [0.1, 0.15) is 21.5 Å². The Hall–Kier alpha value is -4.79. The lowest BCUT2D eigenvalue weighted by molar-refractivity contribution is 0.102. The van der Waals surface area contributed by atoms with Gasteiger partial charge in [0.05, 0.1) is 11.9 Å². The predicted molar refractivity (Wildman–Crippen MR) is 132 cm³/mol. The largest absolute Gasteiger partial charge is 0.399 e. The van der Waals surface area contributed by atoms with E-state index in [9.17, 15) is 4.79 Å². The van der Waals surface area contributed by atoms with Gasteiger partial charge in [0.15, 0.2) is 5.65 Å². The number of nitrogen functional groups attached to an aromatic ring is 2. The Morgan fingerprint density at radius 2 is 1.82 bits per heavy atom. The van der Waals surface area contributed by atoms with E-state index in [-0.39, 0.29) is 5.91 Å². The number of nitrogens with zero attached hydrogens (tertiary/aromatic N) is 5. The van der Waals surface area contributed by atoms with Crippen LogP contribution in [-0.2, 0) is 6.54 Å². The van der Waals surface area contributed by atoms with Gasteiger partial charge in [-0.2, -0.15) is 5.10 Å². The van der Waals surface area contributed by atoms with Crippen LogP contribution in [0.15, 0.2) is 73.2 Å². The van der Waals surface area contributed by atoms with Gasteiger partial charge in [0, 0.05) is 23.0 Å². The topological polar surface area (TPSA) is 138 Å². The first-order chi connectivity index (χ1) is 16.5. The zero-order valence-corrected chi connectivity index (χ0v) is 18.4. The van der Waals surface area contributed by atoms with Crippen LogP contribution in [0, 0.1) is 6.92 Å². The van der Waals surface area contributed by atoms with Gasteiger partial charge >= 0.3 is 0 Å². The molecule has 0 fully saturated rings. The molecule has 34 heavy (non-hydrogen) atoms. The van der Waals surface area contributed by atoms with Gasteiger partial charge in [0.25, 0.3) is 5.91 Å². The lowest BCUT2D eigenvalue weighted by atomic mass is 10.1. The molecule has 2 aromatic carbocycles. The molecule has 0 radical (unpaired) electrons. The van der Waals surface area contributed by atoms with Crippen LogP contribution in [0.5, 0.6) is 0 Å². The highest BCUT2D eigenvalue weighted by molar-refractivity contribution is 6.04. The molecule has 0 aliphatic carbocycles. The molecular weight excluding hydrogens is 428 g/mol. The molecule has 5 rings (SSSR count). The summed E-state index contributed by atoms with van der Waals surface area (Å²) in [5.74, 6) is 0.598. The van der Waals surface area contributed by atoms with Crippen molar-refractivity contribution in [3.05, 3.63) is 89.9 Å². The van der Waals surface area contributed by atoms with Crippen molar-refractivity contribution in [1.29, 1.82) is 0 Å². The van der Waals surface area contributed by atoms with Gasteiger partial charge in [-0.1, -0.05) is 24.3 Å². The summed E-state index contributed by atoms with van der Waals surface area (Å²) in [6.07, 6.45) is 3.08. The van der Waals surface area contributed by atoms with Gasteiger partial charge in [0.1, 0.15) is 23.7 Å². The molecule has 0 aliphatic heterocycles. The molecule has 5 N–H and O–H groups in total. The Morgan fingerprint density at radius 3 is 2.59 bits per heavy atom. The second-order valence-electron chi connectivity index (χ2n) is 7.96.